The molecule has 1 aliphatic carbocycles. The number of benzene rings is 9. The summed E-state index contributed by atoms with van der Waals surface area (Å²) in [5.41, 5.74) is 9.92. The minimum absolute atomic E-state index is 0.587. The summed E-state index contributed by atoms with van der Waals surface area (Å²) in [6.45, 7) is 0. The van der Waals surface area contributed by atoms with E-state index in [0.717, 1.165) is 66.0 Å². The summed E-state index contributed by atoms with van der Waals surface area (Å²) in [6.07, 6.45) is 0. The molecule has 0 radical (unpaired) electrons. The number of ether oxygens (including phenoxy) is 1. The van der Waals surface area contributed by atoms with E-state index in [1.165, 1.54) is 33.0 Å². The first-order valence-corrected chi connectivity index (χ1v) is 21.2. The van der Waals surface area contributed by atoms with Gasteiger partial charge in [-0.15, -0.1) is 0 Å². The van der Waals surface area contributed by atoms with E-state index < -0.39 is 12.6 Å². The molecule has 0 saturated heterocycles. The van der Waals surface area contributed by atoms with Crippen molar-refractivity contribution >= 4 is 55.6 Å². The van der Waals surface area contributed by atoms with Crippen LogP contribution in [0.25, 0.3) is 49.4 Å². The molecular formula is C53H34NO2P. The van der Waals surface area contributed by atoms with E-state index in [9.17, 15) is 0 Å². The van der Waals surface area contributed by atoms with Gasteiger partial charge in [-0.1, -0.05) is 164 Å². The quantitative estimate of drug-likeness (QED) is 0.168. The van der Waals surface area contributed by atoms with Gasteiger partial charge < -0.3 is 13.9 Å². The van der Waals surface area contributed by atoms with Gasteiger partial charge in [-0.05, 0) is 70.1 Å². The van der Waals surface area contributed by atoms with Crippen LogP contribution in [0.5, 0.6) is 11.5 Å². The third-order valence-electron chi connectivity index (χ3n) is 12.3. The Bertz CT molecular complexity index is 3200. The molecule has 1 aromatic heterocycles. The molecule has 2 aliphatic rings. The van der Waals surface area contributed by atoms with E-state index in [1.807, 2.05) is 60.7 Å². The molecule has 2 heterocycles. The Morgan fingerprint density at radius 3 is 1.67 bits per heavy atom. The second-order valence-electron chi connectivity index (χ2n) is 15.1. The summed E-state index contributed by atoms with van der Waals surface area (Å²) in [5, 5.41) is 7.05. The highest BCUT2D eigenvalue weighted by molar-refractivity contribution is 7.85. The first kappa shape index (κ1) is 32.3. The standard InChI is InChI=1S/C53H34NO2P/c55-57(37-16-3-1-4-17-37,38-18-5-2-6-19-38)39-30-28-36(29-31-39)54-49-34-48-51(33-44(49)43-32-27-35-15-7-8-20-40(35)52(43)54)56-50-26-14-13-25-47(50)53(48)45-23-11-9-21-41(45)42-22-10-12-24-46(42)53/h1-34H. The topological polar surface area (TPSA) is 31.2 Å². The predicted octanol–water partition coefficient (Wildman–Crippen LogP) is 12.0. The zero-order valence-corrected chi connectivity index (χ0v) is 31.7. The average molecular weight is 748 g/mol. The van der Waals surface area contributed by atoms with E-state index in [1.54, 1.807) is 0 Å². The van der Waals surface area contributed by atoms with Gasteiger partial charge in [0.2, 0.25) is 0 Å². The highest BCUT2D eigenvalue weighted by Crippen LogP contribution is 2.62. The fraction of sp³-hybridized carbons (Fsp3) is 0.0189. The molecular weight excluding hydrogens is 714 g/mol. The average Bonchev–Trinajstić information content (AvgIpc) is 3.77. The summed E-state index contributed by atoms with van der Waals surface area (Å²) in [4.78, 5) is 0. The lowest BCUT2D eigenvalue weighted by Gasteiger charge is -2.39. The highest BCUT2D eigenvalue weighted by Gasteiger charge is 2.51. The van der Waals surface area contributed by atoms with Gasteiger partial charge >= 0.3 is 0 Å². The van der Waals surface area contributed by atoms with Gasteiger partial charge in [-0.25, -0.2) is 0 Å². The van der Waals surface area contributed by atoms with Crippen molar-refractivity contribution in [1.82, 2.24) is 4.57 Å². The van der Waals surface area contributed by atoms with E-state index in [4.69, 9.17) is 4.74 Å². The van der Waals surface area contributed by atoms with Crippen molar-refractivity contribution in [1.29, 1.82) is 0 Å². The molecule has 1 aliphatic heterocycles. The van der Waals surface area contributed by atoms with Crippen molar-refractivity contribution in [3.63, 3.8) is 0 Å². The van der Waals surface area contributed by atoms with E-state index in [2.05, 4.69) is 150 Å². The van der Waals surface area contributed by atoms with Gasteiger partial charge in [0.05, 0.1) is 16.4 Å². The summed E-state index contributed by atoms with van der Waals surface area (Å²) >= 11 is 0. The van der Waals surface area contributed by atoms with Crippen molar-refractivity contribution in [2.24, 2.45) is 0 Å². The number of nitrogens with zero attached hydrogens (tertiary/aromatic N) is 1. The molecule has 9 aromatic carbocycles. The van der Waals surface area contributed by atoms with Crippen molar-refractivity contribution in [2.45, 2.75) is 5.41 Å². The lowest BCUT2D eigenvalue weighted by molar-refractivity contribution is 0.437. The maximum Gasteiger partial charge on any atom is 0.171 e. The zero-order chi connectivity index (χ0) is 37.7. The zero-order valence-electron chi connectivity index (χ0n) is 30.8. The molecule has 3 nitrogen and oxygen atoms in total. The Morgan fingerprint density at radius 1 is 0.421 bits per heavy atom. The minimum atomic E-state index is -3.16. The van der Waals surface area contributed by atoms with Crippen molar-refractivity contribution in [3.8, 4) is 28.3 Å². The molecule has 0 N–H and O–H groups in total. The Hall–Kier alpha value is -6.93. The summed E-state index contributed by atoms with van der Waals surface area (Å²) in [6, 6.07) is 72.2. The van der Waals surface area contributed by atoms with E-state index >= 15 is 4.57 Å². The van der Waals surface area contributed by atoms with Crippen molar-refractivity contribution in [2.75, 3.05) is 0 Å². The van der Waals surface area contributed by atoms with Crippen LogP contribution in [0.1, 0.15) is 22.3 Å². The highest BCUT2D eigenvalue weighted by atomic mass is 31.2. The van der Waals surface area contributed by atoms with Gasteiger partial charge in [-0.3, -0.25) is 0 Å². The second-order valence-corrected chi connectivity index (χ2v) is 17.9. The Morgan fingerprint density at radius 2 is 0.982 bits per heavy atom. The first-order chi connectivity index (χ1) is 28.2. The van der Waals surface area contributed by atoms with Gasteiger partial charge in [0.1, 0.15) is 11.5 Å². The fourth-order valence-electron chi connectivity index (χ4n) is 9.93. The molecule has 268 valence electrons. The van der Waals surface area contributed by atoms with Gasteiger partial charge in [-0.2, -0.15) is 0 Å². The smallest absolute Gasteiger partial charge is 0.171 e. The third kappa shape index (κ3) is 4.35. The number of hydrogen-bond acceptors (Lipinski definition) is 2. The number of rotatable bonds is 4. The van der Waals surface area contributed by atoms with Crippen molar-refractivity contribution < 1.29 is 9.30 Å². The van der Waals surface area contributed by atoms with Crippen LogP contribution in [-0.2, 0) is 9.98 Å². The van der Waals surface area contributed by atoms with Crippen LogP contribution in [0.15, 0.2) is 206 Å². The van der Waals surface area contributed by atoms with Crippen LogP contribution in [0.3, 0.4) is 0 Å². The van der Waals surface area contributed by atoms with Crippen LogP contribution in [0, 0.1) is 0 Å². The normalized spacial score (nSPS) is 13.6. The largest absolute Gasteiger partial charge is 0.457 e. The molecule has 57 heavy (non-hydrogen) atoms. The molecule has 0 bridgehead atoms. The SMILES string of the molecule is O=P(c1ccccc1)(c1ccccc1)c1ccc(-n2c3cc4c(cc3c3ccc5ccccc5c32)Oc2ccccc2C42c3ccccc3-c3ccccc32)cc1. The minimum Gasteiger partial charge on any atom is -0.457 e. The van der Waals surface area contributed by atoms with E-state index in [-0.39, 0.29) is 0 Å². The van der Waals surface area contributed by atoms with Gasteiger partial charge in [0.25, 0.3) is 0 Å². The molecule has 0 unspecified atom stereocenters. The van der Waals surface area contributed by atoms with Crippen LogP contribution in [0.2, 0.25) is 0 Å². The Kier molecular flexibility index (Phi) is 6.82. The maximum absolute atomic E-state index is 15.4. The summed E-state index contributed by atoms with van der Waals surface area (Å²) in [7, 11) is -3.16. The molecule has 0 atom stereocenters. The number of aromatic nitrogens is 1. The fourth-order valence-corrected chi connectivity index (χ4v) is 12.6. The van der Waals surface area contributed by atoms with Crippen LogP contribution in [-0.4, -0.2) is 4.57 Å². The lowest BCUT2D eigenvalue weighted by atomic mass is 9.66. The second kappa shape index (κ2) is 12.0. The lowest BCUT2D eigenvalue weighted by Crippen LogP contribution is -2.32. The summed E-state index contributed by atoms with van der Waals surface area (Å²) < 4.78 is 24.8. The van der Waals surface area contributed by atoms with Crippen LogP contribution in [0.4, 0.5) is 0 Å². The molecule has 0 amide bonds. The number of hydrogen-bond donors (Lipinski definition) is 0. The number of fused-ring (bicyclic) bond motifs is 14. The Labute approximate surface area is 330 Å². The summed E-state index contributed by atoms with van der Waals surface area (Å²) in [5.74, 6) is 1.74. The molecule has 0 fully saturated rings. The molecule has 1 spiro atoms. The third-order valence-corrected chi connectivity index (χ3v) is 15.4. The van der Waals surface area contributed by atoms with Gasteiger partial charge in [0.15, 0.2) is 7.14 Å². The number of para-hydroxylation sites is 1. The maximum atomic E-state index is 15.4. The van der Waals surface area contributed by atoms with E-state index in [0.29, 0.717) is 0 Å². The Balaban J connectivity index is 1.17. The predicted molar refractivity (Wildman–Crippen MR) is 235 cm³/mol. The van der Waals surface area contributed by atoms with Crippen molar-refractivity contribution in [3.05, 3.63) is 229 Å². The molecule has 4 heteroatoms. The molecule has 12 rings (SSSR count). The van der Waals surface area contributed by atoms with Crippen LogP contribution < -0.4 is 20.7 Å². The first-order valence-electron chi connectivity index (χ1n) is 19.4. The monoisotopic (exact) mass is 747 g/mol. The molecule has 10 aromatic rings. The molecule has 0 saturated carbocycles. The van der Waals surface area contributed by atoms with Gasteiger partial charge in [0, 0.05) is 48.9 Å². The van der Waals surface area contributed by atoms with Crippen LogP contribution >= 0.6 is 7.14 Å².